The Morgan fingerprint density at radius 2 is 1.69 bits per heavy atom. The van der Waals surface area contributed by atoms with Gasteiger partial charge in [-0.15, -0.1) is 0 Å². The highest BCUT2D eigenvalue weighted by molar-refractivity contribution is 5.95. The number of hydrogen-bond donors (Lipinski definition) is 1. The molecule has 6 heteroatoms. The lowest BCUT2D eigenvalue weighted by atomic mass is 10.1. The molecule has 1 N–H and O–H groups in total. The highest BCUT2D eigenvalue weighted by Crippen LogP contribution is 2.15. The van der Waals surface area contributed by atoms with Gasteiger partial charge >= 0.3 is 5.97 Å². The molecule has 0 aliphatic rings. The lowest BCUT2D eigenvalue weighted by molar-refractivity contribution is 0.0733. The quantitative estimate of drug-likeness (QED) is 0.313. The minimum atomic E-state index is -0.417. The summed E-state index contributed by atoms with van der Waals surface area (Å²) in [6.45, 7) is 1.85. The Bertz CT molecular complexity index is 1100. The van der Waals surface area contributed by atoms with E-state index in [0.29, 0.717) is 22.4 Å². The molecule has 1 amide bonds. The maximum atomic E-state index is 12.2. The Hall–Kier alpha value is -4.24. The standard InChI is InChI=1S/C23H17N3O3/c1-16-4-2-3-5-21(16)23(28)29-20-12-8-18(9-13-20)15-25-26-22(27)19-10-6-17(14-24)7-11-19/h2-13,15H,1H3,(H,26,27)/b25-15-. The molecule has 0 unspecified atom stereocenters. The van der Waals surface area contributed by atoms with Crippen molar-refractivity contribution in [1.29, 1.82) is 5.26 Å². The first-order valence-corrected chi connectivity index (χ1v) is 8.78. The number of carbonyl (C=O) groups is 2. The topological polar surface area (TPSA) is 91.5 Å². The number of ether oxygens (including phenoxy) is 1. The van der Waals surface area contributed by atoms with Crippen molar-refractivity contribution in [1.82, 2.24) is 5.43 Å². The second-order valence-electron chi connectivity index (χ2n) is 6.16. The Morgan fingerprint density at radius 3 is 2.34 bits per heavy atom. The number of carbonyl (C=O) groups excluding carboxylic acids is 2. The van der Waals surface area contributed by atoms with Crippen LogP contribution in [0, 0.1) is 18.3 Å². The van der Waals surface area contributed by atoms with Gasteiger partial charge in [0, 0.05) is 5.56 Å². The molecule has 0 heterocycles. The summed E-state index contributed by atoms with van der Waals surface area (Å²) in [5.74, 6) is -0.384. The first-order valence-electron chi connectivity index (χ1n) is 8.78. The number of benzene rings is 3. The van der Waals surface area contributed by atoms with E-state index in [2.05, 4.69) is 10.5 Å². The van der Waals surface area contributed by atoms with Gasteiger partial charge in [-0.2, -0.15) is 10.4 Å². The third-order valence-corrected chi connectivity index (χ3v) is 4.11. The number of amides is 1. The molecule has 3 rings (SSSR count). The predicted octanol–water partition coefficient (Wildman–Crippen LogP) is 3.85. The van der Waals surface area contributed by atoms with Crippen LogP contribution >= 0.6 is 0 Å². The molecule has 0 aliphatic carbocycles. The lowest BCUT2D eigenvalue weighted by Crippen LogP contribution is -2.17. The molecular formula is C23H17N3O3. The molecule has 3 aromatic carbocycles. The largest absolute Gasteiger partial charge is 0.423 e. The summed E-state index contributed by atoms with van der Waals surface area (Å²) in [6, 6.07) is 22.2. The summed E-state index contributed by atoms with van der Waals surface area (Å²) < 4.78 is 5.38. The van der Waals surface area contributed by atoms with Crippen LogP contribution in [0.2, 0.25) is 0 Å². The second-order valence-corrected chi connectivity index (χ2v) is 6.16. The van der Waals surface area contributed by atoms with E-state index in [1.165, 1.54) is 6.21 Å². The number of hydrazone groups is 1. The van der Waals surface area contributed by atoms with Crippen molar-refractivity contribution in [2.45, 2.75) is 6.92 Å². The Balaban J connectivity index is 1.57. The fraction of sp³-hybridized carbons (Fsp3) is 0.0435. The summed E-state index contributed by atoms with van der Waals surface area (Å²) >= 11 is 0. The summed E-state index contributed by atoms with van der Waals surface area (Å²) in [7, 11) is 0. The predicted molar refractivity (Wildman–Crippen MR) is 109 cm³/mol. The Labute approximate surface area is 168 Å². The van der Waals surface area contributed by atoms with Gasteiger partial charge in [-0.3, -0.25) is 4.79 Å². The van der Waals surface area contributed by atoms with Crippen molar-refractivity contribution < 1.29 is 14.3 Å². The van der Waals surface area contributed by atoms with Crippen LogP contribution in [-0.4, -0.2) is 18.1 Å². The fourth-order valence-corrected chi connectivity index (χ4v) is 2.51. The van der Waals surface area contributed by atoms with Gasteiger partial charge < -0.3 is 4.74 Å². The van der Waals surface area contributed by atoms with Crippen LogP contribution in [0.15, 0.2) is 77.9 Å². The van der Waals surface area contributed by atoms with Crippen molar-refractivity contribution in [3.05, 3.63) is 101 Å². The van der Waals surface area contributed by atoms with Crippen LogP contribution < -0.4 is 10.2 Å². The Morgan fingerprint density at radius 1 is 1.00 bits per heavy atom. The van der Waals surface area contributed by atoms with E-state index in [0.717, 1.165) is 11.1 Å². The van der Waals surface area contributed by atoms with Gasteiger partial charge in [-0.1, -0.05) is 18.2 Å². The zero-order valence-electron chi connectivity index (χ0n) is 15.6. The Kier molecular flexibility index (Phi) is 6.13. The van der Waals surface area contributed by atoms with E-state index in [1.807, 2.05) is 25.1 Å². The van der Waals surface area contributed by atoms with Crippen molar-refractivity contribution in [3.8, 4) is 11.8 Å². The van der Waals surface area contributed by atoms with E-state index >= 15 is 0 Å². The van der Waals surface area contributed by atoms with E-state index in [9.17, 15) is 9.59 Å². The molecule has 0 radical (unpaired) electrons. The van der Waals surface area contributed by atoms with Crippen LogP contribution in [0.25, 0.3) is 0 Å². The number of aryl methyl sites for hydroxylation is 1. The summed E-state index contributed by atoms with van der Waals surface area (Å²) in [5.41, 5.74) is 5.39. The van der Waals surface area contributed by atoms with Gasteiger partial charge in [0.1, 0.15) is 5.75 Å². The molecule has 0 spiro atoms. The van der Waals surface area contributed by atoms with E-state index in [1.54, 1.807) is 60.7 Å². The first-order chi connectivity index (χ1) is 14.1. The highest BCUT2D eigenvalue weighted by Gasteiger charge is 2.10. The zero-order valence-corrected chi connectivity index (χ0v) is 15.6. The van der Waals surface area contributed by atoms with E-state index < -0.39 is 5.97 Å². The molecule has 0 fully saturated rings. The van der Waals surface area contributed by atoms with Gasteiger partial charge in [0.25, 0.3) is 5.91 Å². The zero-order chi connectivity index (χ0) is 20.6. The van der Waals surface area contributed by atoms with Crippen LogP contribution in [0.5, 0.6) is 5.75 Å². The molecule has 3 aromatic rings. The van der Waals surface area contributed by atoms with Gasteiger partial charge in [-0.05, 0) is 72.6 Å². The molecule has 142 valence electrons. The van der Waals surface area contributed by atoms with Crippen molar-refractivity contribution in [2.24, 2.45) is 5.10 Å². The van der Waals surface area contributed by atoms with E-state index in [-0.39, 0.29) is 5.91 Å². The van der Waals surface area contributed by atoms with Gasteiger partial charge in [-0.25, -0.2) is 10.2 Å². The molecule has 29 heavy (non-hydrogen) atoms. The smallest absolute Gasteiger partial charge is 0.343 e. The number of rotatable bonds is 5. The van der Waals surface area contributed by atoms with E-state index in [4.69, 9.17) is 10.00 Å². The van der Waals surface area contributed by atoms with Crippen LogP contribution in [-0.2, 0) is 0 Å². The maximum Gasteiger partial charge on any atom is 0.343 e. The normalized spacial score (nSPS) is 10.3. The van der Waals surface area contributed by atoms with Gasteiger partial charge in [0.05, 0.1) is 23.4 Å². The first kappa shape index (κ1) is 19.5. The van der Waals surface area contributed by atoms with Gasteiger partial charge in [0.15, 0.2) is 0 Å². The monoisotopic (exact) mass is 383 g/mol. The average Bonchev–Trinajstić information content (AvgIpc) is 2.75. The van der Waals surface area contributed by atoms with Gasteiger partial charge in [0.2, 0.25) is 0 Å². The summed E-state index contributed by atoms with van der Waals surface area (Å²) in [5, 5.41) is 12.7. The molecule has 6 nitrogen and oxygen atoms in total. The highest BCUT2D eigenvalue weighted by atomic mass is 16.5. The van der Waals surface area contributed by atoms with Crippen molar-refractivity contribution >= 4 is 18.1 Å². The third kappa shape index (κ3) is 5.15. The third-order valence-electron chi connectivity index (χ3n) is 4.11. The van der Waals surface area contributed by atoms with Crippen molar-refractivity contribution in [3.63, 3.8) is 0 Å². The SMILES string of the molecule is Cc1ccccc1C(=O)Oc1ccc(/C=N\NC(=O)c2ccc(C#N)cc2)cc1. The molecule has 0 atom stereocenters. The number of hydrogen-bond acceptors (Lipinski definition) is 5. The average molecular weight is 383 g/mol. The fourth-order valence-electron chi connectivity index (χ4n) is 2.51. The molecule has 0 aromatic heterocycles. The molecule has 0 saturated heterocycles. The lowest BCUT2D eigenvalue weighted by Gasteiger charge is -2.06. The number of nitrogens with zero attached hydrogens (tertiary/aromatic N) is 2. The summed E-state index contributed by atoms with van der Waals surface area (Å²) in [4.78, 5) is 24.2. The van der Waals surface area contributed by atoms with Crippen molar-refractivity contribution in [2.75, 3.05) is 0 Å². The second kappa shape index (κ2) is 9.11. The minimum absolute atomic E-state index is 0.380. The van der Waals surface area contributed by atoms with Crippen LogP contribution in [0.1, 0.15) is 37.4 Å². The molecule has 0 bridgehead atoms. The number of esters is 1. The minimum Gasteiger partial charge on any atom is -0.423 e. The van der Waals surface area contributed by atoms with Crippen LogP contribution in [0.3, 0.4) is 0 Å². The molecule has 0 aliphatic heterocycles. The molecule has 0 saturated carbocycles. The maximum absolute atomic E-state index is 12.2. The number of nitriles is 1. The molecular weight excluding hydrogens is 366 g/mol. The summed E-state index contributed by atoms with van der Waals surface area (Å²) in [6.07, 6.45) is 1.48. The van der Waals surface area contributed by atoms with Crippen LogP contribution in [0.4, 0.5) is 0 Å². The number of nitrogens with one attached hydrogen (secondary N) is 1.